The van der Waals surface area contributed by atoms with E-state index in [1.165, 1.54) is 53.5 Å². The molecule has 0 heterocycles. The Kier molecular flexibility index (Phi) is 7.09. The van der Waals surface area contributed by atoms with E-state index in [2.05, 4.69) is 100 Å². The maximum Gasteiger partial charge on any atom is -0.0162 e. The van der Waals surface area contributed by atoms with E-state index in [4.69, 9.17) is 0 Å². The van der Waals surface area contributed by atoms with Crippen molar-refractivity contribution in [3.63, 3.8) is 0 Å². The van der Waals surface area contributed by atoms with Gasteiger partial charge < -0.3 is 0 Å². The first kappa shape index (κ1) is 20.4. The standard InChI is InChI=1S/C14H20.C14H14/c2*1-11-3-7-13(8-4-11)14-9-5-12(2)6-10-14/h3-4,7-8,12,14H,5-6,9-10H2,1-2H3;3-10H,1-2H3. The molecule has 0 N–H and O–H groups in total. The number of aryl methyl sites for hydroxylation is 3. The predicted octanol–water partition coefficient (Wildman–Crippen LogP) is 8.26. The molecular formula is C28H34. The third-order valence-corrected chi connectivity index (χ3v) is 6.00. The Morgan fingerprint density at radius 3 is 1.25 bits per heavy atom. The first-order chi connectivity index (χ1) is 13.5. The highest BCUT2D eigenvalue weighted by molar-refractivity contribution is 5.63. The van der Waals surface area contributed by atoms with Gasteiger partial charge in [0.1, 0.15) is 0 Å². The Balaban J connectivity index is 0.000000161. The van der Waals surface area contributed by atoms with E-state index in [-0.39, 0.29) is 0 Å². The lowest BCUT2D eigenvalue weighted by atomic mass is 9.79. The largest absolute Gasteiger partial charge is 0.0625 e. The van der Waals surface area contributed by atoms with E-state index in [9.17, 15) is 0 Å². The molecule has 4 rings (SSSR count). The van der Waals surface area contributed by atoms with Crippen molar-refractivity contribution in [1.29, 1.82) is 0 Å². The van der Waals surface area contributed by atoms with Gasteiger partial charge in [0.2, 0.25) is 0 Å². The van der Waals surface area contributed by atoms with E-state index in [1.54, 1.807) is 5.56 Å². The van der Waals surface area contributed by atoms with Crippen molar-refractivity contribution >= 4 is 0 Å². The van der Waals surface area contributed by atoms with Crippen LogP contribution in [0.3, 0.4) is 0 Å². The smallest absolute Gasteiger partial charge is 0.0162 e. The van der Waals surface area contributed by atoms with Gasteiger partial charge in [-0.1, -0.05) is 109 Å². The Labute approximate surface area is 171 Å². The molecule has 1 aliphatic rings. The van der Waals surface area contributed by atoms with E-state index >= 15 is 0 Å². The van der Waals surface area contributed by atoms with Crippen LogP contribution in [-0.2, 0) is 0 Å². The van der Waals surface area contributed by atoms with Crippen LogP contribution in [0.2, 0.25) is 0 Å². The molecule has 0 aromatic heterocycles. The Morgan fingerprint density at radius 1 is 0.500 bits per heavy atom. The second-order valence-electron chi connectivity index (χ2n) is 8.60. The number of hydrogen-bond acceptors (Lipinski definition) is 0. The van der Waals surface area contributed by atoms with Crippen molar-refractivity contribution < 1.29 is 0 Å². The molecule has 0 heteroatoms. The minimum Gasteiger partial charge on any atom is -0.0625 e. The molecule has 0 amide bonds. The number of hydrogen-bond donors (Lipinski definition) is 0. The molecule has 0 unspecified atom stereocenters. The second-order valence-corrected chi connectivity index (χ2v) is 8.60. The topological polar surface area (TPSA) is 0 Å². The van der Waals surface area contributed by atoms with Crippen LogP contribution < -0.4 is 0 Å². The highest BCUT2D eigenvalue weighted by Gasteiger charge is 2.19. The molecule has 0 atom stereocenters. The lowest BCUT2D eigenvalue weighted by Crippen LogP contribution is -2.10. The minimum atomic E-state index is 0.840. The molecular weight excluding hydrogens is 336 g/mol. The lowest BCUT2D eigenvalue weighted by molar-refractivity contribution is 0.348. The first-order valence-corrected chi connectivity index (χ1v) is 10.7. The molecule has 1 fully saturated rings. The summed E-state index contributed by atoms with van der Waals surface area (Å²) in [6, 6.07) is 26.4. The Hall–Kier alpha value is -2.34. The molecule has 0 radical (unpaired) electrons. The average Bonchev–Trinajstić information content (AvgIpc) is 2.71. The van der Waals surface area contributed by atoms with Gasteiger partial charge in [-0.2, -0.15) is 0 Å². The summed E-state index contributed by atoms with van der Waals surface area (Å²) >= 11 is 0. The van der Waals surface area contributed by atoms with Gasteiger partial charge >= 0.3 is 0 Å². The van der Waals surface area contributed by atoms with Crippen LogP contribution in [0.1, 0.15) is 60.8 Å². The highest BCUT2D eigenvalue weighted by Crippen LogP contribution is 2.35. The molecule has 3 aromatic carbocycles. The Morgan fingerprint density at radius 2 is 0.857 bits per heavy atom. The zero-order valence-electron chi connectivity index (χ0n) is 17.9. The molecule has 0 saturated heterocycles. The maximum absolute atomic E-state index is 2.38. The van der Waals surface area contributed by atoms with Crippen molar-refractivity contribution in [1.82, 2.24) is 0 Å². The monoisotopic (exact) mass is 370 g/mol. The third-order valence-electron chi connectivity index (χ3n) is 6.00. The fourth-order valence-corrected chi connectivity index (χ4v) is 3.92. The second kappa shape index (κ2) is 9.73. The van der Waals surface area contributed by atoms with Crippen molar-refractivity contribution in [3.8, 4) is 11.1 Å². The summed E-state index contributed by atoms with van der Waals surface area (Å²) in [5, 5.41) is 0. The van der Waals surface area contributed by atoms with Gasteiger partial charge in [-0.05, 0) is 62.1 Å². The summed E-state index contributed by atoms with van der Waals surface area (Å²) in [4.78, 5) is 0. The summed E-state index contributed by atoms with van der Waals surface area (Å²) < 4.78 is 0. The van der Waals surface area contributed by atoms with Crippen LogP contribution in [-0.4, -0.2) is 0 Å². The minimum absolute atomic E-state index is 0.840. The van der Waals surface area contributed by atoms with Gasteiger partial charge in [0.25, 0.3) is 0 Å². The molecule has 146 valence electrons. The quantitative estimate of drug-likeness (QED) is 0.426. The van der Waals surface area contributed by atoms with E-state index in [0.717, 1.165) is 11.8 Å². The lowest BCUT2D eigenvalue weighted by Gasteiger charge is -2.26. The summed E-state index contributed by atoms with van der Waals surface area (Å²) in [6.45, 7) is 8.76. The fraction of sp³-hybridized carbons (Fsp3) is 0.357. The molecule has 1 aliphatic carbocycles. The van der Waals surface area contributed by atoms with Crippen LogP contribution in [0.5, 0.6) is 0 Å². The fourth-order valence-electron chi connectivity index (χ4n) is 3.92. The van der Waals surface area contributed by atoms with Gasteiger partial charge in [0, 0.05) is 0 Å². The predicted molar refractivity (Wildman–Crippen MR) is 123 cm³/mol. The highest BCUT2D eigenvalue weighted by atomic mass is 14.2. The number of rotatable bonds is 2. The Bertz CT molecular complexity index is 787. The zero-order valence-corrected chi connectivity index (χ0v) is 17.9. The summed E-state index contributed by atoms with van der Waals surface area (Å²) in [5.74, 6) is 1.79. The van der Waals surface area contributed by atoms with E-state index in [0.29, 0.717) is 0 Å². The molecule has 0 bridgehead atoms. The van der Waals surface area contributed by atoms with Crippen molar-refractivity contribution in [2.45, 2.75) is 59.3 Å². The molecule has 0 aliphatic heterocycles. The van der Waals surface area contributed by atoms with Crippen LogP contribution in [0.25, 0.3) is 11.1 Å². The van der Waals surface area contributed by atoms with Gasteiger partial charge in [-0.25, -0.2) is 0 Å². The number of benzene rings is 3. The van der Waals surface area contributed by atoms with Crippen LogP contribution in [0.15, 0.2) is 72.8 Å². The van der Waals surface area contributed by atoms with Gasteiger partial charge in [0.15, 0.2) is 0 Å². The van der Waals surface area contributed by atoms with Crippen LogP contribution in [0.4, 0.5) is 0 Å². The summed E-state index contributed by atoms with van der Waals surface area (Å²) in [7, 11) is 0. The summed E-state index contributed by atoms with van der Waals surface area (Å²) in [6.07, 6.45) is 5.62. The molecule has 3 aromatic rings. The first-order valence-electron chi connectivity index (χ1n) is 10.7. The van der Waals surface area contributed by atoms with Gasteiger partial charge in [-0.3, -0.25) is 0 Å². The SMILES string of the molecule is Cc1ccc(-c2ccc(C)cc2)cc1.Cc1ccc(C2CCC(C)CC2)cc1. The maximum atomic E-state index is 2.38. The van der Waals surface area contributed by atoms with E-state index < -0.39 is 0 Å². The normalized spacial score (nSPS) is 18.9. The van der Waals surface area contributed by atoms with Crippen LogP contribution >= 0.6 is 0 Å². The third kappa shape index (κ3) is 5.83. The molecule has 28 heavy (non-hydrogen) atoms. The van der Waals surface area contributed by atoms with Gasteiger partial charge in [0.05, 0.1) is 0 Å². The van der Waals surface area contributed by atoms with Crippen molar-refractivity contribution in [2.75, 3.05) is 0 Å². The molecule has 0 spiro atoms. The van der Waals surface area contributed by atoms with Crippen LogP contribution in [0, 0.1) is 26.7 Å². The zero-order chi connectivity index (χ0) is 19.9. The van der Waals surface area contributed by atoms with Gasteiger partial charge in [-0.15, -0.1) is 0 Å². The van der Waals surface area contributed by atoms with Crippen molar-refractivity contribution in [3.05, 3.63) is 95.1 Å². The molecule has 1 saturated carbocycles. The molecule has 0 nitrogen and oxygen atoms in total. The average molecular weight is 371 g/mol. The van der Waals surface area contributed by atoms with E-state index in [1.807, 2.05) is 0 Å². The summed E-state index contributed by atoms with van der Waals surface area (Å²) in [5.41, 5.74) is 8.12. The van der Waals surface area contributed by atoms with Crippen molar-refractivity contribution in [2.24, 2.45) is 5.92 Å².